The Balaban J connectivity index is 2.02. The summed E-state index contributed by atoms with van der Waals surface area (Å²) in [5.74, 6) is -0.262. The van der Waals surface area contributed by atoms with Gasteiger partial charge in [0.15, 0.2) is 6.54 Å². The van der Waals surface area contributed by atoms with Gasteiger partial charge in [-0.15, -0.1) is 0 Å². The zero-order valence-corrected chi connectivity index (χ0v) is 13.2. The van der Waals surface area contributed by atoms with Crippen LogP contribution in [0.25, 0.3) is 0 Å². The van der Waals surface area contributed by atoms with Crippen LogP contribution in [0.3, 0.4) is 0 Å². The topological polar surface area (TPSA) is 85.9 Å². The van der Waals surface area contributed by atoms with Crippen LogP contribution < -0.4 is 10.2 Å². The number of nitro benzene ring substituents is 1. The van der Waals surface area contributed by atoms with E-state index in [1.165, 1.54) is 18.2 Å². The van der Waals surface area contributed by atoms with Crippen molar-refractivity contribution in [2.24, 2.45) is 0 Å². The highest BCUT2D eigenvalue weighted by molar-refractivity contribution is 6.31. The fourth-order valence-corrected chi connectivity index (χ4v) is 2.88. The fraction of sp³-hybridized carbons (Fsp3) is 0.500. The van der Waals surface area contributed by atoms with Gasteiger partial charge >= 0.3 is 0 Å². The number of hydrogen-bond donors (Lipinski definition) is 2. The van der Waals surface area contributed by atoms with Gasteiger partial charge in [0.25, 0.3) is 11.6 Å². The van der Waals surface area contributed by atoms with Gasteiger partial charge in [-0.3, -0.25) is 14.9 Å². The number of quaternary nitrogens is 1. The molecule has 1 aliphatic rings. The highest BCUT2D eigenvalue weighted by Crippen LogP contribution is 2.27. The average Bonchev–Trinajstić information content (AvgIpc) is 2.39. The van der Waals surface area contributed by atoms with Crippen molar-refractivity contribution < 1.29 is 19.4 Å². The Morgan fingerprint density at radius 2 is 2.09 bits per heavy atom. The molecule has 0 bridgehead atoms. The molecule has 0 aliphatic carbocycles. The van der Waals surface area contributed by atoms with Crippen LogP contribution in [0.4, 0.5) is 11.4 Å². The van der Waals surface area contributed by atoms with Crippen molar-refractivity contribution in [1.29, 1.82) is 0 Å². The van der Waals surface area contributed by atoms with Crippen molar-refractivity contribution >= 4 is 28.9 Å². The van der Waals surface area contributed by atoms with Crippen molar-refractivity contribution in [3.05, 3.63) is 33.3 Å². The average molecular weight is 329 g/mol. The van der Waals surface area contributed by atoms with E-state index in [0.717, 1.165) is 18.0 Å². The van der Waals surface area contributed by atoms with Gasteiger partial charge in [0, 0.05) is 11.1 Å². The summed E-state index contributed by atoms with van der Waals surface area (Å²) in [7, 11) is 0. The molecule has 22 heavy (non-hydrogen) atoms. The molecule has 1 amide bonds. The molecule has 0 spiro atoms. The van der Waals surface area contributed by atoms with E-state index >= 15 is 0 Å². The molecule has 2 rings (SSSR count). The third-order valence-corrected chi connectivity index (χ3v) is 3.69. The number of halogens is 1. The number of carbonyl (C=O) groups excluding carboxylic acids is 1. The summed E-state index contributed by atoms with van der Waals surface area (Å²) < 4.78 is 5.62. The summed E-state index contributed by atoms with van der Waals surface area (Å²) in [6.45, 7) is 5.66. The molecular formula is C14H19ClN3O4+. The molecule has 120 valence electrons. The van der Waals surface area contributed by atoms with Gasteiger partial charge in [0.2, 0.25) is 0 Å². The number of rotatable bonds is 4. The highest BCUT2D eigenvalue weighted by atomic mass is 35.5. The minimum absolute atomic E-state index is 0.0939. The molecule has 8 heteroatoms. The van der Waals surface area contributed by atoms with Gasteiger partial charge in [-0.1, -0.05) is 11.6 Å². The maximum atomic E-state index is 12.1. The van der Waals surface area contributed by atoms with E-state index in [2.05, 4.69) is 5.32 Å². The van der Waals surface area contributed by atoms with E-state index in [-0.39, 0.29) is 41.1 Å². The Kier molecular flexibility index (Phi) is 5.33. The van der Waals surface area contributed by atoms with Gasteiger partial charge < -0.3 is 15.0 Å². The van der Waals surface area contributed by atoms with Gasteiger partial charge in [-0.05, 0) is 26.0 Å². The Labute approximate surface area is 133 Å². The highest BCUT2D eigenvalue weighted by Gasteiger charge is 2.27. The summed E-state index contributed by atoms with van der Waals surface area (Å²) in [6, 6.07) is 4.18. The second-order valence-corrected chi connectivity index (χ2v) is 6.00. The van der Waals surface area contributed by atoms with E-state index in [4.69, 9.17) is 16.3 Å². The molecule has 1 aromatic carbocycles. The zero-order valence-electron chi connectivity index (χ0n) is 12.5. The number of nitro groups is 1. The second kappa shape index (κ2) is 7.04. The summed E-state index contributed by atoms with van der Waals surface area (Å²) in [4.78, 5) is 23.7. The lowest BCUT2D eigenvalue weighted by molar-refractivity contribution is -0.907. The Bertz CT molecular complexity index is 571. The summed E-state index contributed by atoms with van der Waals surface area (Å²) in [6.07, 6.45) is 0.188. The molecule has 0 saturated carbocycles. The van der Waals surface area contributed by atoms with Crippen LogP contribution in [-0.2, 0) is 9.53 Å². The Morgan fingerprint density at radius 3 is 2.68 bits per heavy atom. The maximum Gasteiger partial charge on any atom is 0.294 e. The molecule has 0 aromatic heterocycles. The molecule has 7 nitrogen and oxygen atoms in total. The van der Waals surface area contributed by atoms with E-state index in [1.54, 1.807) is 0 Å². The molecule has 1 saturated heterocycles. The lowest BCUT2D eigenvalue weighted by Crippen LogP contribution is -3.16. The van der Waals surface area contributed by atoms with Crippen LogP contribution in [-0.4, -0.2) is 42.7 Å². The molecule has 2 N–H and O–H groups in total. The number of nitrogens with one attached hydrogen (secondary N) is 2. The third kappa shape index (κ3) is 4.40. The van der Waals surface area contributed by atoms with Crippen LogP contribution in [0.15, 0.2) is 18.2 Å². The van der Waals surface area contributed by atoms with Crippen molar-refractivity contribution in [2.45, 2.75) is 26.1 Å². The lowest BCUT2D eigenvalue weighted by atomic mass is 10.2. The fourth-order valence-electron chi connectivity index (χ4n) is 2.72. The predicted molar refractivity (Wildman–Crippen MR) is 82.3 cm³/mol. The first-order chi connectivity index (χ1) is 10.3. The summed E-state index contributed by atoms with van der Waals surface area (Å²) in [5, 5.41) is 13.9. The number of morpholine rings is 1. The smallest absolute Gasteiger partial charge is 0.294 e. The Morgan fingerprint density at radius 1 is 1.45 bits per heavy atom. The van der Waals surface area contributed by atoms with Gasteiger partial charge in [-0.25, -0.2) is 0 Å². The first kappa shape index (κ1) is 16.7. The number of hydrogen-bond acceptors (Lipinski definition) is 4. The molecule has 1 aliphatic heterocycles. The molecule has 1 unspecified atom stereocenters. The van der Waals surface area contributed by atoms with Crippen LogP contribution >= 0.6 is 11.6 Å². The zero-order chi connectivity index (χ0) is 16.3. The van der Waals surface area contributed by atoms with Gasteiger partial charge in [0.1, 0.15) is 31.0 Å². The molecule has 1 aromatic rings. The SMILES string of the molecule is C[C@@H]1C[NH+](CC(=O)Nc2ccc(Cl)cc2[N+](=O)[O-])C[C@H](C)O1. The largest absolute Gasteiger partial charge is 0.364 e. The number of anilines is 1. The van der Waals surface area contributed by atoms with Gasteiger partial charge in [0.05, 0.1) is 4.92 Å². The van der Waals surface area contributed by atoms with E-state index < -0.39 is 4.92 Å². The van der Waals surface area contributed by atoms with Crippen molar-refractivity contribution in [2.75, 3.05) is 25.0 Å². The van der Waals surface area contributed by atoms with Crippen LogP contribution in [0.5, 0.6) is 0 Å². The summed E-state index contributed by atoms with van der Waals surface area (Å²) >= 11 is 5.75. The number of nitrogens with zero attached hydrogens (tertiary/aromatic N) is 1. The molecule has 1 heterocycles. The van der Waals surface area contributed by atoms with Crippen LogP contribution in [0.1, 0.15) is 13.8 Å². The number of carbonyl (C=O) groups is 1. The van der Waals surface area contributed by atoms with Crippen LogP contribution in [0, 0.1) is 10.1 Å². The standard InChI is InChI=1S/C14H18ClN3O4/c1-9-6-17(7-10(2)22-9)8-14(19)16-12-4-3-11(15)5-13(12)18(20)21/h3-5,9-10H,6-8H2,1-2H3,(H,16,19)/p+1/t9-,10+. The number of ether oxygens (including phenoxy) is 1. The quantitative estimate of drug-likeness (QED) is 0.634. The monoisotopic (exact) mass is 328 g/mol. The first-order valence-corrected chi connectivity index (χ1v) is 7.45. The predicted octanol–water partition coefficient (Wildman–Crippen LogP) is 0.879. The lowest BCUT2D eigenvalue weighted by Gasteiger charge is -2.31. The van der Waals surface area contributed by atoms with Crippen molar-refractivity contribution in [1.82, 2.24) is 0 Å². The van der Waals surface area contributed by atoms with E-state index in [1.807, 2.05) is 13.8 Å². The normalized spacial score (nSPS) is 24.8. The minimum Gasteiger partial charge on any atom is -0.364 e. The van der Waals surface area contributed by atoms with Crippen molar-refractivity contribution in [3.8, 4) is 0 Å². The second-order valence-electron chi connectivity index (χ2n) is 5.56. The van der Waals surface area contributed by atoms with Crippen molar-refractivity contribution in [3.63, 3.8) is 0 Å². The number of benzene rings is 1. The van der Waals surface area contributed by atoms with Crippen LogP contribution in [0.2, 0.25) is 5.02 Å². The maximum absolute atomic E-state index is 12.1. The molecule has 1 fully saturated rings. The summed E-state index contributed by atoms with van der Waals surface area (Å²) in [5.41, 5.74) is -0.0484. The third-order valence-electron chi connectivity index (χ3n) is 3.46. The van der Waals surface area contributed by atoms with E-state index in [0.29, 0.717) is 0 Å². The first-order valence-electron chi connectivity index (χ1n) is 7.08. The van der Waals surface area contributed by atoms with Gasteiger partial charge in [-0.2, -0.15) is 0 Å². The Hall–Kier alpha value is -1.70. The molecular weight excluding hydrogens is 310 g/mol. The molecule has 3 atom stereocenters. The minimum atomic E-state index is -0.562. The molecule has 0 radical (unpaired) electrons. The van der Waals surface area contributed by atoms with E-state index in [9.17, 15) is 14.9 Å². The number of amides is 1.